The number of rotatable bonds is 1. The van der Waals surface area contributed by atoms with E-state index in [1.165, 1.54) is 7.11 Å². The highest BCUT2D eigenvalue weighted by Gasteiger charge is 2.49. The van der Waals surface area contributed by atoms with Crippen LogP contribution >= 0.6 is 0 Å². The molecule has 0 aromatic rings. The molecule has 3 heteroatoms. The summed E-state index contributed by atoms with van der Waals surface area (Å²) in [6.07, 6.45) is 0.749. The van der Waals surface area contributed by atoms with Gasteiger partial charge in [-0.15, -0.1) is 0 Å². The average molecular weight is 198 g/mol. The van der Waals surface area contributed by atoms with E-state index in [0.717, 1.165) is 12.0 Å². The van der Waals surface area contributed by atoms with Gasteiger partial charge in [-0.25, -0.2) is 0 Å². The van der Waals surface area contributed by atoms with Gasteiger partial charge < -0.3 is 9.84 Å². The van der Waals surface area contributed by atoms with Gasteiger partial charge in [0.25, 0.3) is 0 Å². The van der Waals surface area contributed by atoms with Gasteiger partial charge in [0.1, 0.15) is 0 Å². The summed E-state index contributed by atoms with van der Waals surface area (Å²) >= 11 is 0. The van der Waals surface area contributed by atoms with Crippen LogP contribution < -0.4 is 0 Å². The Bertz CT molecular complexity index is 259. The quantitative estimate of drug-likeness (QED) is 0.513. The van der Waals surface area contributed by atoms with Gasteiger partial charge in [0.15, 0.2) is 0 Å². The van der Waals surface area contributed by atoms with Crippen molar-refractivity contribution in [2.24, 2.45) is 11.3 Å². The molecule has 1 aliphatic carbocycles. The Morgan fingerprint density at radius 1 is 1.71 bits per heavy atom. The van der Waals surface area contributed by atoms with E-state index in [4.69, 9.17) is 4.74 Å². The highest BCUT2D eigenvalue weighted by molar-refractivity contribution is 5.78. The fourth-order valence-corrected chi connectivity index (χ4v) is 2.08. The number of ether oxygens (including phenoxy) is 1. The largest absolute Gasteiger partial charge is 0.469 e. The second kappa shape index (κ2) is 3.73. The van der Waals surface area contributed by atoms with Crippen molar-refractivity contribution < 1.29 is 14.6 Å². The van der Waals surface area contributed by atoms with Crippen LogP contribution in [0.2, 0.25) is 0 Å². The van der Waals surface area contributed by atoms with Gasteiger partial charge >= 0.3 is 5.97 Å². The first kappa shape index (κ1) is 11.2. The first-order valence-corrected chi connectivity index (χ1v) is 4.88. The molecule has 0 aliphatic heterocycles. The summed E-state index contributed by atoms with van der Waals surface area (Å²) in [6, 6.07) is 0. The molecule has 1 aliphatic rings. The normalized spacial score (nSPS) is 38.1. The summed E-state index contributed by atoms with van der Waals surface area (Å²) in [7, 11) is 1.35. The number of esters is 1. The summed E-state index contributed by atoms with van der Waals surface area (Å²) in [4.78, 5) is 11.6. The van der Waals surface area contributed by atoms with Crippen LogP contribution in [0.1, 0.15) is 26.7 Å². The van der Waals surface area contributed by atoms with Crippen LogP contribution in [0, 0.1) is 11.3 Å². The molecule has 3 unspecified atom stereocenters. The molecule has 3 atom stereocenters. The van der Waals surface area contributed by atoms with Gasteiger partial charge in [0.2, 0.25) is 0 Å². The summed E-state index contributed by atoms with van der Waals surface area (Å²) in [5.41, 5.74) is 0.188. The zero-order chi connectivity index (χ0) is 10.9. The molecule has 0 radical (unpaired) electrons. The average Bonchev–Trinajstić information content (AvgIpc) is 2.19. The smallest absolute Gasteiger partial charge is 0.314 e. The molecular formula is C11H18O3. The molecule has 1 rings (SSSR count). The molecule has 0 spiro atoms. The Labute approximate surface area is 84.8 Å². The van der Waals surface area contributed by atoms with E-state index in [9.17, 15) is 9.90 Å². The first-order valence-electron chi connectivity index (χ1n) is 4.88. The number of carbonyl (C=O) groups is 1. The van der Waals surface area contributed by atoms with E-state index in [2.05, 4.69) is 6.58 Å². The minimum atomic E-state index is -0.829. The van der Waals surface area contributed by atoms with E-state index in [-0.39, 0.29) is 11.9 Å². The third-order valence-electron chi connectivity index (χ3n) is 3.57. The molecule has 0 amide bonds. The Morgan fingerprint density at radius 2 is 2.29 bits per heavy atom. The van der Waals surface area contributed by atoms with Crippen LogP contribution in [-0.2, 0) is 9.53 Å². The number of aliphatic hydroxyl groups is 1. The number of methoxy groups -OCH3 is 1. The molecule has 3 nitrogen and oxygen atoms in total. The summed E-state index contributed by atoms with van der Waals surface area (Å²) in [5, 5.41) is 9.88. The van der Waals surface area contributed by atoms with Crippen LogP contribution in [0.3, 0.4) is 0 Å². The van der Waals surface area contributed by atoms with Gasteiger partial charge in [-0.1, -0.05) is 19.1 Å². The van der Waals surface area contributed by atoms with Gasteiger partial charge in [-0.3, -0.25) is 4.79 Å². The van der Waals surface area contributed by atoms with Gasteiger partial charge in [0, 0.05) is 0 Å². The molecule has 0 aromatic heterocycles. The second-order valence-electron chi connectivity index (χ2n) is 4.21. The summed E-state index contributed by atoms with van der Waals surface area (Å²) < 4.78 is 4.74. The third-order valence-corrected chi connectivity index (χ3v) is 3.57. The predicted molar refractivity (Wildman–Crippen MR) is 53.7 cm³/mol. The first-order chi connectivity index (χ1) is 6.44. The Morgan fingerprint density at radius 3 is 2.79 bits per heavy atom. The lowest BCUT2D eigenvalue weighted by molar-refractivity contribution is -0.164. The van der Waals surface area contributed by atoms with E-state index < -0.39 is 11.5 Å². The van der Waals surface area contributed by atoms with Crippen molar-refractivity contribution in [1.29, 1.82) is 0 Å². The van der Waals surface area contributed by atoms with E-state index in [0.29, 0.717) is 6.42 Å². The zero-order valence-electron chi connectivity index (χ0n) is 9.04. The maximum Gasteiger partial charge on any atom is 0.314 e. The lowest BCUT2D eigenvalue weighted by Crippen LogP contribution is -2.48. The van der Waals surface area contributed by atoms with Crippen molar-refractivity contribution in [1.82, 2.24) is 0 Å². The maximum atomic E-state index is 11.6. The molecule has 1 fully saturated rings. The van der Waals surface area contributed by atoms with Gasteiger partial charge in [-0.2, -0.15) is 0 Å². The van der Waals surface area contributed by atoms with Crippen molar-refractivity contribution in [3.8, 4) is 0 Å². The van der Waals surface area contributed by atoms with Crippen molar-refractivity contribution in [2.75, 3.05) is 7.11 Å². The lowest BCUT2D eigenvalue weighted by atomic mass is 9.64. The van der Waals surface area contributed by atoms with Crippen LogP contribution in [0.4, 0.5) is 0 Å². The highest BCUT2D eigenvalue weighted by Crippen LogP contribution is 2.44. The number of aliphatic hydroxyl groups excluding tert-OH is 1. The Hall–Kier alpha value is -0.830. The van der Waals surface area contributed by atoms with Crippen molar-refractivity contribution in [3.05, 3.63) is 12.2 Å². The van der Waals surface area contributed by atoms with Crippen LogP contribution in [-0.4, -0.2) is 24.3 Å². The minimum Gasteiger partial charge on any atom is -0.469 e. The summed E-state index contributed by atoms with van der Waals surface area (Å²) in [5.74, 6) is -0.378. The van der Waals surface area contributed by atoms with E-state index in [1.54, 1.807) is 6.92 Å². The van der Waals surface area contributed by atoms with Gasteiger partial charge in [-0.05, 0) is 25.7 Å². The number of hydrogen-bond acceptors (Lipinski definition) is 3. The Kier molecular flexibility index (Phi) is 3.00. The number of allylic oxidation sites excluding steroid dienone is 1. The number of carbonyl (C=O) groups excluding carboxylic acids is 1. The molecule has 1 saturated carbocycles. The van der Waals surface area contributed by atoms with Crippen LogP contribution in [0.15, 0.2) is 12.2 Å². The fraction of sp³-hybridized carbons (Fsp3) is 0.727. The molecule has 0 bridgehead atoms. The van der Waals surface area contributed by atoms with Gasteiger partial charge in [0.05, 0.1) is 18.6 Å². The maximum absolute atomic E-state index is 11.6. The standard InChI is InChI=1S/C11H18O3/c1-7-5-6-9(12)11(3,8(7)2)10(13)14-4/h8-9,12H,1,5-6H2,2-4H3. The fourth-order valence-electron chi connectivity index (χ4n) is 2.08. The second-order valence-corrected chi connectivity index (χ2v) is 4.21. The molecule has 0 aromatic carbocycles. The molecular weight excluding hydrogens is 180 g/mol. The molecule has 0 saturated heterocycles. The van der Waals surface area contributed by atoms with E-state index >= 15 is 0 Å². The molecule has 1 N–H and O–H groups in total. The predicted octanol–water partition coefficient (Wildman–Crippen LogP) is 1.51. The molecule has 80 valence electrons. The topological polar surface area (TPSA) is 46.5 Å². The third kappa shape index (κ3) is 1.46. The minimum absolute atomic E-state index is 0.0290. The lowest BCUT2D eigenvalue weighted by Gasteiger charge is -2.42. The van der Waals surface area contributed by atoms with Crippen molar-refractivity contribution in [3.63, 3.8) is 0 Å². The van der Waals surface area contributed by atoms with Crippen molar-refractivity contribution >= 4 is 5.97 Å². The van der Waals surface area contributed by atoms with Crippen molar-refractivity contribution in [2.45, 2.75) is 32.8 Å². The zero-order valence-corrected chi connectivity index (χ0v) is 9.04. The van der Waals surface area contributed by atoms with E-state index in [1.807, 2.05) is 6.92 Å². The SMILES string of the molecule is C=C1CCC(O)C(C)(C(=O)OC)C1C. The Balaban J connectivity index is 3.01. The summed E-state index contributed by atoms with van der Waals surface area (Å²) in [6.45, 7) is 7.59. The highest BCUT2D eigenvalue weighted by atomic mass is 16.5. The van der Waals surface area contributed by atoms with Crippen LogP contribution in [0.25, 0.3) is 0 Å². The molecule has 0 heterocycles. The number of hydrogen-bond donors (Lipinski definition) is 1. The molecule has 14 heavy (non-hydrogen) atoms. The monoisotopic (exact) mass is 198 g/mol. The van der Waals surface area contributed by atoms with Crippen LogP contribution in [0.5, 0.6) is 0 Å².